The molecule has 0 atom stereocenters. The van der Waals surface area contributed by atoms with Gasteiger partial charge in [-0.2, -0.15) is 18.3 Å². The minimum Gasteiger partial charge on any atom is -0.378 e. The van der Waals surface area contributed by atoms with Crippen molar-refractivity contribution in [2.75, 3.05) is 31.6 Å². The van der Waals surface area contributed by atoms with Gasteiger partial charge in [0.05, 0.1) is 36.4 Å². The lowest BCUT2D eigenvalue weighted by molar-refractivity contribution is -0.142. The SMILES string of the molecule is O=C(Nc1ccc(-n2nc(-c3cccnc3)cc2C(F)(F)F)cn1)c1ccc(=O)n(CC(=O)N2CCOCC2)c1. The van der Waals surface area contributed by atoms with Gasteiger partial charge < -0.3 is 19.5 Å². The third-order valence-electron chi connectivity index (χ3n) is 6.11. The fraction of sp³-hybridized carbons (Fsp3) is 0.231. The lowest BCUT2D eigenvalue weighted by Gasteiger charge is -2.27. The van der Waals surface area contributed by atoms with Crippen molar-refractivity contribution in [2.24, 2.45) is 0 Å². The molecule has 1 N–H and O–H groups in total. The molecule has 0 bridgehead atoms. The largest absolute Gasteiger partial charge is 0.433 e. The van der Waals surface area contributed by atoms with E-state index in [0.29, 0.717) is 31.9 Å². The summed E-state index contributed by atoms with van der Waals surface area (Å²) >= 11 is 0. The Balaban J connectivity index is 1.32. The molecular weight excluding hydrogens is 531 g/mol. The van der Waals surface area contributed by atoms with Gasteiger partial charge in [0, 0.05) is 43.3 Å². The molecule has 0 saturated carbocycles. The summed E-state index contributed by atoms with van der Waals surface area (Å²) in [6.07, 6.45) is 0.635. The Morgan fingerprint density at radius 1 is 1.05 bits per heavy atom. The highest BCUT2D eigenvalue weighted by atomic mass is 19.4. The Kier molecular flexibility index (Phi) is 7.42. The Bertz CT molecular complexity index is 1580. The van der Waals surface area contributed by atoms with E-state index in [1.54, 1.807) is 17.0 Å². The van der Waals surface area contributed by atoms with Crippen molar-refractivity contribution in [1.82, 2.24) is 29.2 Å². The summed E-state index contributed by atoms with van der Waals surface area (Å²) in [4.78, 5) is 47.2. The predicted molar refractivity (Wildman–Crippen MR) is 136 cm³/mol. The van der Waals surface area contributed by atoms with Gasteiger partial charge >= 0.3 is 6.18 Å². The molecule has 11 nitrogen and oxygen atoms in total. The van der Waals surface area contributed by atoms with Crippen molar-refractivity contribution < 1.29 is 27.5 Å². The second-order valence-electron chi connectivity index (χ2n) is 8.80. The van der Waals surface area contributed by atoms with Crippen molar-refractivity contribution in [3.8, 4) is 16.9 Å². The van der Waals surface area contributed by atoms with Crippen molar-refractivity contribution in [1.29, 1.82) is 0 Å². The van der Waals surface area contributed by atoms with Crippen LogP contribution in [0, 0.1) is 0 Å². The highest BCUT2D eigenvalue weighted by molar-refractivity contribution is 6.03. The highest BCUT2D eigenvalue weighted by Gasteiger charge is 2.36. The summed E-state index contributed by atoms with van der Waals surface area (Å²) in [5.74, 6) is -0.838. The lowest BCUT2D eigenvalue weighted by Crippen LogP contribution is -2.43. The van der Waals surface area contributed by atoms with Gasteiger partial charge in [-0.15, -0.1) is 0 Å². The Labute approximate surface area is 224 Å². The standard InChI is InChI=1S/C26H22F3N7O4/c27-26(28,29)21-12-20(17-2-1-7-30-13-17)33-36(21)19-4-5-22(31-14-19)32-25(39)18-3-6-23(37)35(15-18)16-24(38)34-8-10-40-11-9-34/h1-7,12-15H,8-11,16H2,(H,31,32,39). The summed E-state index contributed by atoms with van der Waals surface area (Å²) < 4.78 is 48.3. The van der Waals surface area contributed by atoms with E-state index in [1.165, 1.54) is 42.9 Å². The molecule has 4 aromatic rings. The normalized spacial score (nSPS) is 13.7. The summed E-state index contributed by atoms with van der Waals surface area (Å²) in [5.41, 5.74) is -0.843. The first-order valence-electron chi connectivity index (χ1n) is 12.1. The van der Waals surface area contributed by atoms with E-state index in [0.717, 1.165) is 21.5 Å². The number of hydrogen-bond donors (Lipinski definition) is 1. The molecule has 4 aromatic heterocycles. The maximum absolute atomic E-state index is 13.7. The topological polar surface area (TPSA) is 124 Å². The van der Waals surface area contributed by atoms with Crippen molar-refractivity contribution in [3.05, 3.63) is 88.9 Å². The lowest BCUT2D eigenvalue weighted by atomic mass is 10.2. The van der Waals surface area contributed by atoms with Crippen molar-refractivity contribution in [3.63, 3.8) is 0 Å². The van der Waals surface area contributed by atoms with Gasteiger partial charge in [-0.25, -0.2) is 9.67 Å². The van der Waals surface area contributed by atoms with E-state index >= 15 is 0 Å². The molecule has 0 spiro atoms. The third kappa shape index (κ3) is 5.91. The predicted octanol–water partition coefficient (Wildman–Crippen LogP) is 2.62. The fourth-order valence-corrected chi connectivity index (χ4v) is 4.06. The molecule has 0 radical (unpaired) electrons. The molecule has 1 aliphatic rings. The number of amides is 2. The monoisotopic (exact) mass is 553 g/mol. The van der Waals surface area contributed by atoms with Crippen LogP contribution in [0.1, 0.15) is 16.1 Å². The summed E-state index contributed by atoms with van der Waals surface area (Å²) in [5, 5.41) is 6.63. The van der Waals surface area contributed by atoms with E-state index in [9.17, 15) is 27.6 Å². The number of ether oxygens (including phenoxy) is 1. The Morgan fingerprint density at radius 2 is 1.85 bits per heavy atom. The van der Waals surface area contributed by atoms with Crippen LogP contribution in [0.15, 0.2) is 72.0 Å². The van der Waals surface area contributed by atoms with Crippen LogP contribution in [0.3, 0.4) is 0 Å². The second-order valence-corrected chi connectivity index (χ2v) is 8.80. The average molecular weight is 554 g/mol. The summed E-state index contributed by atoms with van der Waals surface area (Å²) in [7, 11) is 0. The molecule has 0 aromatic carbocycles. The quantitative estimate of drug-likeness (QED) is 0.389. The van der Waals surface area contributed by atoms with Gasteiger partial charge in [0.25, 0.3) is 11.5 Å². The van der Waals surface area contributed by atoms with Gasteiger partial charge in [0.2, 0.25) is 5.91 Å². The minimum absolute atomic E-state index is 0.0237. The number of hydrogen-bond acceptors (Lipinski definition) is 7. The van der Waals surface area contributed by atoms with Crippen LogP contribution < -0.4 is 10.9 Å². The van der Waals surface area contributed by atoms with E-state index < -0.39 is 23.3 Å². The first-order valence-corrected chi connectivity index (χ1v) is 12.1. The number of rotatable bonds is 6. The molecule has 5 heterocycles. The zero-order valence-electron chi connectivity index (χ0n) is 20.8. The molecule has 0 aliphatic carbocycles. The van der Waals surface area contributed by atoms with Gasteiger partial charge in [0.15, 0.2) is 0 Å². The fourth-order valence-electron chi connectivity index (χ4n) is 4.06. The Hall–Kier alpha value is -4.85. The van der Waals surface area contributed by atoms with Gasteiger partial charge in [-0.05, 0) is 36.4 Å². The van der Waals surface area contributed by atoms with E-state index in [1.807, 2.05) is 0 Å². The molecule has 1 fully saturated rings. The van der Waals surface area contributed by atoms with Crippen LogP contribution in [-0.2, 0) is 22.3 Å². The molecule has 1 saturated heterocycles. The number of nitrogens with one attached hydrogen (secondary N) is 1. The molecule has 206 valence electrons. The molecule has 1 aliphatic heterocycles. The van der Waals surface area contributed by atoms with E-state index in [-0.39, 0.29) is 35.2 Å². The zero-order valence-corrected chi connectivity index (χ0v) is 20.8. The zero-order chi connectivity index (χ0) is 28.3. The molecule has 5 rings (SSSR count). The number of carbonyl (C=O) groups excluding carboxylic acids is 2. The molecule has 14 heteroatoms. The minimum atomic E-state index is -4.69. The first kappa shape index (κ1) is 26.7. The van der Waals surface area contributed by atoms with Crippen LogP contribution in [0.2, 0.25) is 0 Å². The molecular formula is C26H22F3N7O4. The average Bonchev–Trinajstić information content (AvgIpc) is 3.42. The molecule has 0 unspecified atom stereocenters. The second kappa shape index (κ2) is 11.1. The van der Waals surface area contributed by atoms with Gasteiger partial charge in [0.1, 0.15) is 18.1 Å². The number of pyridine rings is 3. The maximum Gasteiger partial charge on any atom is 0.433 e. The highest BCUT2D eigenvalue weighted by Crippen LogP contribution is 2.34. The van der Waals surface area contributed by atoms with Gasteiger partial charge in [-0.3, -0.25) is 19.4 Å². The summed E-state index contributed by atoms with van der Waals surface area (Å²) in [6, 6.07) is 9.25. The number of nitrogens with zero attached hydrogens (tertiary/aromatic N) is 6. The van der Waals surface area contributed by atoms with Crippen LogP contribution >= 0.6 is 0 Å². The van der Waals surface area contributed by atoms with E-state index in [4.69, 9.17) is 4.74 Å². The van der Waals surface area contributed by atoms with Gasteiger partial charge in [-0.1, -0.05) is 0 Å². The summed E-state index contributed by atoms with van der Waals surface area (Å²) in [6.45, 7) is 1.43. The number of halogens is 3. The molecule has 40 heavy (non-hydrogen) atoms. The van der Waals surface area contributed by atoms with E-state index in [2.05, 4.69) is 20.4 Å². The number of alkyl halides is 3. The third-order valence-corrected chi connectivity index (χ3v) is 6.11. The maximum atomic E-state index is 13.7. The number of aromatic nitrogens is 5. The smallest absolute Gasteiger partial charge is 0.378 e. The first-order chi connectivity index (χ1) is 19.2. The van der Waals surface area contributed by atoms with Crippen LogP contribution in [-0.4, -0.2) is 67.3 Å². The number of anilines is 1. The number of carbonyl (C=O) groups is 2. The van der Waals surface area contributed by atoms with Crippen molar-refractivity contribution >= 4 is 17.6 Å². The number of morpholine rings is 1. The van der Waals surface area contributed by atoms with Crippen molar-refractivity contribution in [2.45, 2.75) is 12.7 Å². The van der Waals surface area contributed by atoms with Crippen LogP contribution in [0.4, 0.5) is 19.0 Å². The molecule has 2 amide bonds. The Morgan fingerprint density at radius 3 is 2.52 bits per heavy atom. The van der Waals surface area contributed by atoms with Crippen LogP contribution in [0.5, 0.6) is 0 Å². The van der Waals surface area contributed by atoms with Crippen LogP contribution in [0.25, 0.3) is 16.9 Å².